The van der Waals surface area contributed by atoms with Gasteiger partial charge in [0.1, 0.15) is 11.4 Å². The van der Waals surface area contributed by atoms with Crippen molar-refractivity contribution in [1.82, 2.24) is 0 Å². The predicted molar refractivity (Wildman–Crippen MR) is 132 cm³/mol. The SMILES string of the molecule is CCN(C1=C(c2ccc(C)cc2)C(=O)N(c2ccccc2OC(C)C)C1=O)c1ccccc1. The third-order valence-electron chi connectivity index (χ3n) is 5.52. The van der Waals surface area contributed by atoms with Crippen molar-refractivity contribution in [2.45, 2.75) is 33.8 Å². The zero-order valence-electron chi connectivity index (χ0n) is 19.4. The fourth-order valence-corrected chi connectivity index (χ4v) is 4.04. The molecule has 5 nitrogen and oxygen atoms in total. The third-order valence-corrected chi connectivity index (χ3v) is 5.52. The number of aryl methyl sites for hydroxylation is 1. The summed E-state index contributed by atoms with van der Waals surface area (Å²) in [6, 6.07) is 24.6. The number of imide groups is 1. The fraction of sp³-hybridized carbons (Fsp3) is 0.214. The Hall–Kier alpha value is -3.86. The smallest absolute Gasteiger partial charge is 0.282 e. The second-order valence-corrected chi connectivity index (χ2v) is 8.25. The summed E-state index contributed by atoms with van der Waals surface area (Å²) in [7, 11) is 0. The number of benzene rings is 3. The molecule has 0 bridgehead atoms. The summed E-state index contributed by atoms with van der Waals surface area (Å²) >= 11 is 0. The Kier molecular flexibility index (Phi) is 6.31. The Labute approximate surface area is 194 Å². The van der Waals surface area contributed by atoms with Crippen LogP contribution >= 0.6 is 0 Å². The number of para-hydroxylation sites is 3. The van der Waals surface area contributed by atoms with E-state index in [1.165, 1.54) is 4.90 Å². The van der Waals surface area contributed by atoms with Gasteiger partial charge in [-0.05, 0) is 57.5 Å². The van der Waals surface area contributed by atoms with E-state index in [1.54, 1.807) is 18.2 Å². The number of carbonyl (C=O) groups is 2. The zero-order valence-corrected chi connectivity index (χ0v) is 19.4. The highest BCUT2D eigenvalue weighted by molar-refractivity contribution is 6.46. The molecule has 0 spiro atoms. The molecule has 3 aromatic carbocycles. The van der Waals surface area contributed by atoms with Gasteiger partial charge in [-0.2, -0.15) is 0 Å². The van der Waals surface area contributed by atoms with Gasteiger partial charge in [-0.15, -0.1) is 0 Å². The van der Waals surface area contributed by atoms with Crippen LogP contribution in [0.1, 0.15) is 31.9 Å². The molecular weight excluding hydrogens is 412 g/mol. The van der Waals surface area contributed by atoms with Crippen LogP contribution in [0.25, 0.3) is 5.57 Å². The lowest BCUT2D eigenvalue weighted by Gasteiger charge is -2.25. The van der Waals surface area contributed by atoms with E-state index in [1.807, 2.05) is 93.3 Å². The van der Waals surface area contributed by atoms with E-state index in [4.69, 9.17) is 4.74 Å². The van der Waals surface area contributed by atoms with Crippen LogP contribution in [0.4, 0.5) is 11.4 Å². The van der Waals surface area contributed by atoms with Crippen LogP contribution < -0.4 is 14.5 Å². The van der Waals surface area contributed by atoms with Gasteiger partial charge >= 0.3 is 0 Å². The minimum atomic E-state index is -0.360. The van der Waals surface area contributed by atoms with Crippen molar-refractivity contribution in [3.05, 3.63) is 95.7 Å². The van der Waals surface area contributed by atoms with Crippen molar-refractivity contribution in [3.63, 3.8) is 0 Å². The number of hydrogen-bond donors (Lipinski definition) is 0. The first-order chi connectivity index (χ1) is 15.9. The standard InChI is InChI=1S/C28H28N2O3/c1-5-29(22-11-7-6-8-12-22)26-25(21-17-15-20(4)16-18-21)27(31)30(28(26)32)23-13-9-10-14-24(23)33-19(2)3/h6-19H,5H2,1-4H3. The Bertz CT molecular complexity index is 1200. The van der Waals surface area contributed by atoms with Crippen molar-refractivity contribution < 1.29 is 14.3 Å². The predicted octanol–water partition coefficient (Wildman–Crippen LogP) is 5.59. The van der Waals surface area contributed by atoms with Crippen molar-refractivity contribution in [1.29, 1.82) is 0 Å². The van der Waals surface area contributed by atoms with Crippen LogP contribution in [-0.2, 0) is 9.59 Å². The molecule has 0 radical (unpaired) electrons. The first-order valence-electron chi connectivity index (χ1n) is 11.2. The third kappa shape index (κ3) is 4.27. The molecule has 0 saturated heterocycles. The lowest BCUT2D eigenvalue weighted by Crippen LogP contribution is -2.35. The van der Waals surface area contributed by atoms with Crippen molar-refractivity contribution in [2.75, 3.05) is 16.3 Å². The molecule has 0 aromatic heterocycles. The Morgan fingerprint density at radius 2 is 1.48 bits per heavy atom. The molecule has 168 valence electrons. The van der Waals surface area contributed by atoms with E-state index in [0.29, 0.717) is 34.8 Å². The Balaban J connectivity index is 1.90. The molecule has 4 rings (SSSR count). The summed E-state index contributed by atoms with van der Waals surface area (Å²) in [5.41, 5.74) is 3.87. The van der Waals surface area contributed by atoms with Gasteiger partial charge in [0.25, 0.3) is 11.8 Å². The molecule has 0 saturated carbocycles. The number of likely N-dealkylation sites (N-methyl/N-ethyl adjacent to an activating group) is 1. The van der Waals surface area contributed by atoms with Gasteiger partial charge in [-0.3, -0.25) is 9.59 Å². The van der Waals surface area contributed by atoms with Crippen LogP contribution in [0.2, 0.25) is 0 Å². The number of anilines is 2. The summed E-state index contributed by atoms with van der Waals surface area (Å²) in [4.78, 5) is 30.9. The summed E-state index contributed by atoms with van der Waals surface area (Å²) in [6.07, 6.45) is -0.0978. The van der Waals surface area contributed by atoms with Crippen molar-refractivity contribution in [2.24, 2.45) is 0 Å². The van der Waals surface area contributed by atoms with E-state index in [9.17, 15) is 9.59 Å². The van der Waals surface area contributed by atoms with Gasteiger partial charge in [0.05, 0.1) is 17.4 Å². The first-order valence-corrected chi connectivity index (χ1v) is 11.2. The number of hydrogen-bond acceptors (Lipinski definition) is 4. The van der Waals surface area contributed by atoms with Gasteiger partial charge in [0.15, 0.2) is 0 Å². The maximum Gasteiger partial charge on any atom is 0.282 e. The van der Waals surface area contributed by atoms with Crippen LogP contribution in [0.3, 0.4) is 0 Å². The van der Waals surface area contributed by atoms with Gasteiger partial charge in [-0.1, -0.05) is 60.2 Å². The molecule has 0 unspecified atom stereocenters. The van der Waals surface area contributed by atoms with Crippen LogP contribution in [0.15, 0.2) is 84.6 Å². The number of amides is 2. The highest BCUT2D eigenvalue weighted by Gasteiger charge is 2.43. The maximum absolute atomic E-state index is 13.9. The van der Waals surface area contributed by atoms with E-state index in [0.717, 1.165) is 11.3 Å². The zero-order chi connectivity index (χ0) is 23.5. The second kappa shape index (κ2) is 9.33. The molecule has 1 aliphatic heterocycles. The van der Waals surface area contributed by atoms with Crippen molar-refractivity contribution >= 4 is 28.8 Å². The Morgan fingerprint density at radius 1 is 0.848 bits per heavy atom. The molecule has 0 fully saturated rings. The summed E-state index contributed by atoms with van der Waals surface area (Å²) < 4.78 is 5.94. The lowest BCUT2D eigenvalue weighted by atomic mass is 10.0. The second-order valence-electron chi connectivity index (χ2n) is 8.25. The van der Waals surface area contributed by atoms with Crippen LogP contribution in [0.5, 0.6) is 5.75 Å². The van der Waals surface area contributed by atoms with Crippen LogP contribution in [-0.4, -0.2) is 24.5 Å². The van der Waals surface area contributed by atoms with Crippen LogP contribution in [0, 0.1) is 6.92 Å². The van der Waals surface area contributed by atoms with E-state index in [-0.39, 0.29) is 17.9 Å². The Morgan fingerprint density at radius 3 is 2.12 bits per heavy atom. The average Bonchev–Trinajstić information content (AvgIpc) is 3.06. The fourth-order valence-electron chi connectivity index (χ4n) is 4.04. The van der Waals surface area contributed by atoms with E-state index >= 15 is 0 Å². The molecule has 5 heteroatoms. The number of carbonyl (C=O) groups excluding carboxylic acids is 2. The molecular formula is C28H28N2O3. The van der Waals surface area contributed by atoms with Gasteiger partial charge in [0, 0.05) is 12.2 Å². The minimum Gasteiger partial charge on any atom is -0.489 e. The molecule has 0 atom stereocenters. The quantitative estimate of drug-likeness (QED) is 0.449. The monoisotopic (exact) mass is 440 g/mol. The molecule has 33 heavy (non-hydrogen) atoms. The highest BCUT2D eigenvalue weighted by atomic mass is 16.5. The summed E-state index contributed by atoms with van der Waals surface area (Å²) in [5, 5.41) is 0. The molecule has 2 amide bonds. The molecule has 1 heterocycles. The first kappa shape index (κ1) is 22.3. The molecule has 1 aliphatic rings. The maximum atomic E-state index is 13.9. The summed E-state index contributed by atoms with van der Waals surface area (Å²) in [6.45, 7) is 8.34. The number of ether oxygens (including phenoxy) is 1. The molecule has 0 aliphatic carbocycles. The van der Waals surface area contributed by atoms with E-state index in [2.05, 4.69) is 0 Å². The highest BCUT2D eigenvalue weighted by Crippen LogP contribution is 2.40. The van der Waals surface area contributed by atoms with E-state index < -0.39 is 0 Å². The van der Waals surface area contributed by atoms with Gasteiger partial charge in [-0.25, -0.2) is 4.90 Å². The normalized spacial score (nSPS) is 13.8. The lowest BCUT2D eigenvalue weighted by molar-refractivity contribution is -0.120. The van der Waals surface area contributed by atoms with Gasteiger partial charge < -0.3 is 9.64 Å². The topological polar surface area (TPSA) is 49.9 Å². The van der Waals surface area contributed by atoms with Gasteiger partial charge in [0.2, 0.25) is 0 Å². The van der Waals surface area contributed by atoms with Crippen molar-refractivity contribution in [3.8, 4) is 5.75 Å². The molecule has 0 N–H and O–H groups in total. The minimum absolute atomic E-state index is 0.0978. The molecule has 3 aromatic rings. The largest absolute Gasteiger partial charge is 0.489 e. The average molecular weight is 441 g/mol. The number of rotatable bonds is 7. The number of nitrogens with zero attached hydrogens (tertiary/aromatic N) is 2. The summed E-state index contributed by atoms with van der Waals surface area (Å²) in [5.74, 6) is -0.212.